The predicted octanol–water partition coefficient (Wildman–Crippen LogP) is 4.88. The van der Waals surface area contributed by atoms with Gasteiger partial charge in [0.2, 0.25) is 0 Å². The highest BCUT2D eigenvalue weighted by molar-refractivity contribution is 7.14. The number of nitro groups is 1. The monoisotopic (exact) mass is 355 g/mol. The van der Waals surface area contributed by atoms with Crippen LogP contribution in [-0.4, -0.2) is 23.6 Å². The highest BCUT2D eigenvalue weighted by Crippen LogP contribution is 2.33. The van der Waals surface area contributed by atoms with E-state index in [9.17, 15) is 10.1 Å². The molecule has 7 heteroatoms. The molecule has 1 heterocycles. The predicted molar refractivity (Wildman–Crippen MR) is 99.9 cm³/mol. The van der Waals surface area contributed by atoms with Crippen molar-refractivity contribution in [2.45, 2.75) is 6.92 Å². The number of methoxy groups -OCH3 is 1. The molecule has 128 valence electrons. The van der Waals surface area contributed by atoms with Crippen LogP contribution >= 0.6 is 11.3 Å². The normalized spacial score (nSPS) is 10.5. The molecule has 0 fully saturated rings. The lowest BCUT2D eigenvalue weighted by atomic mass is 10.1. The molecule has 2 aromatic carbocycles. The van der Waals surface area contributed by atoms with Crippen molar-refractivity contribution in [3.8, 4) is 17.0 Å². The van der Waals surface area contributed by atoms with Crippen molar-refractivity contribution in [3.05, 3.63) is 64.0 Å². The summed E-state index contributed by atoms with van der Waals surface area (Å²) in [7, 11) is 1.64. The topological polar surface area (TPSA) is 68.5 Å². The maximum absolute atomic E-state index is 10.8. The third kappa shape index (κ3) is 3.61. The number of rotatable bonds is 6. The summed E-state index contributed by atoms with van der Waals surface area (Å²) in [5.41, 5.74) is 2.78. The maximum atomic E-state index is 10.8. The summed E-state index contributed by atoms with van der Waals surface area (Å²) in [5.74, 6) is 0.811. The Kier molecular flexibility index (Phi) is 4.95. The van der Waals surface area contributed by atoms with Crippen LogP contribution in [0.15, 0.2) is 53.9 Å². The third-order valence-electron chi connectivity index (χ3n) is 3.80. The van der Waals surface area contributed by atoms with Crippen LogP contribution in [0.3, 0.4) is 0 Å². The van der Waals surface area contributed by atoms with Gasteiger partial charge in [-0.15, -0.1) is 11.3 Å². The van der Waals surface area contributed by atoms with E-state index in [0.29, 0.717) is 0 Å². The van der Waals surface area contributed by atoms with E-state index in [4.69, 9.17) is 4.74 Å². The van der Waals surface area contributed by atoms with Crippen molar-refractivity contribution in [2.75, 3.05) is 18.6 Å². The summed E-state index contributed by atoms with van der Waals surface area (Å²) < 4.78 is 5.20. The first-order chi connectivity index (χ1) is 12.1. The largest absolute Gasteiger partial charge is 0.497 e. The Labute approximate surface area is 149 Å². The second kappa shape index (κ2) is 7.31. The van der Waals surface area contributed by atoms with Crippen molar-refractivity contribution in [1.82, 2.24) is 4.98 Å². The zero-order valence-electron chi connectivity index (χ0n) is 13.9. The molecule has 0 aliphatic carbocycles. The van der Waals surface area contributed by atoms with Gasteiger partial charge in [0.1, 0.15) is 5.75 Å². The average Bonchev–Trinajstić information content (AvgIpc) is 3.13. The minimum absolute atomic E-state index is 0.0765. The van der Waals surface area contributed by atoms with Crippen LogP contribution in [0, 0.1) is 10.1 Å². The Morgan fingerprint density at radius 1 is 1.16 bits per heavy atom. The van der Waals surface area contributed by atoms with Gasteiger partial charge in [-0.05, 0) is 43.3 Å². The Morgan fingerprint density at radius 2 is 1.84 bits per heavy atom. The van der Waals surface area contributed by atoms with E-state index in [0.717, 1.165) is 34.4 Å². The second-order valence-electron chi connectivity index (χ2n) is 5.26. The van der Waals surface area contributed by atoms with Crippen molar-refractivity contribution in [1.29, 1.82) is 0 Å². The van der Waals surface area contributed by atoms with E-state index in [1.165, 1.54) is 12.1 Å². The molecule has 0 spiro atoms. The highest BCUT2D eigenvalue weighted by atomic mass is 32.1. The number of thiazole rings is 1. The summed E-state index contributed by atoms with van der Waals surface area (Å²) in [6.45, 7) is 2.84. The van der Waals surface area contributed by atoms with Crippen molar-refractivity contribution >= 4 is 27.8 Å². The van der Waals surface area contributed by atoms with Gasteiger partial charge >= 0.3 is 0 Å². The number of nitro benzene ring substituents is 1. The Balaban J connectivity index is 1.86. The van der Waals surface area contributed by atoms with Gasteiger partial charge in [-0.25, -0.2) is 4.98 Å². The lowest BCUT2D eigenvalue weighted by Gasteiger charge is -2.20. The molecule has 3 rings (SSSR count). The quantitative estimate of drug-likeness (QED) is 0.465. The van der Waals surface area contributed by atoms with E-state index in [1.54, 1.807) is 30.6 Å². The molecular weight excluding hydrogens is 338 g/mol. The molecule has 0 bridgehead atoms. The number of anilines is 2. The smallest absolute Gasteiger partial charge is 0.269 e. The van der Waals surface area contributed by atoms with Crippen LogP contribution in [0.2, 0.25) is 0 Å². The SMILES string of the molecule is CCN(c1ccc(OC)cc1)c1nc(-c2ccc([N+](=O)[O-])cc2)cs1. The van der Waals surface area contributed by atoms with Gasteiger partial charge in [0.05, 0.1) is 17.7 Å². The number of hydrogen-bond donors (Lipinski definition) is 0. The highest BCUT2D eigenvalue weighted by Gasteiger charge is 2.13. The first-order valence-corrected chi connectivity index (χ1v) is 8.62. The second-order valence-corrected chi connectivity index (χ2v) is 6.10. The zero-order chi connectivity index (χ0) is 17.8. The van der Waals surface area contributed by atoms with Gasteiger partial charge in [-0.1, -0.05) is 0 Å². The van der Waals surface area contributed by atoms with Gasteiger partial charge in [0.15, 0.2) is 5.13 Å². The lowest BCUT2D eigenvalue weighted by molar-refractivity contribution is -0.384. The van der Waals surface area contributed by atoms with Crippen molar-refractivity contribution in [2.24, 2.45) is 0 Å². The van der Waals surface area contributed by atoms with E-state index in [1.807, 2.05) is 29.6 Å². The number of benzene rings is 2. The first-order valence-electron chi connectivity index (χ1n) is 7.74. The molecule has 3 aromatic rings. The molecule has 0 aliphatic rings. The number of nitrogens with zero attached hydrogens (tertiary/aromatic N) is 3. The summed E-state index contributed by atoms with van der Waals surface area (Å²) >= 11 is 1.54. The first kappa shape index (κ1) is 16.9. The van der Waals surface area contributed by atoms with Crippen LogP contribution < -0.4 is 9.64 Å². The van der Waals surface area contributed by atoms with E-state index < -0.39 is 4.92 Å². The molecule has 0 saturated carbocycles. The van der Waals surface area contributed by atoms with Gasteiger partial charge in [-0.3, -0.25) is 10.1 Å². The maximum Gasteiger partial charge on any atom is 0.269 e. The van der Waals surface area contributed by atoms with Gasteiger partial charge in [0, 0.05) is 35.3 Å². The standard InChI is InChI=1S/C18H17N3O3S/c1-3-20(14-8-10-16(24-2)11-9-14)18-19-17(12-25-18)13-4-6-15(7-5-13)21(22)23/h4-12H,3H2,1-2H3. The molecule has 0 unspecified atom stereocenters. The van der Waals surface area contributed by atoms with Crippen molar-refractivity contribution in [3.63, 3.8) is 0 Å². The third-order valence-corrected chi connectivity index (χ3v) is 4.66. The van der Waals surface area contributed by atoms with Crippen molar-refractivity contribution < 1.29 is 9.66 Å². The van der Waals surface area contributed by atoms with E-state index in [2.05, 4.69) is 16.8 Å². The van der Waals surface area contributed by atoms with E-state index in [-0.39, 0.29) is 5.69 Å². The fraction of sp³-hybridized carbons (Fsp3) is 0.167. The molecule has 0 saturated heterocycles. The molecule has 25 heavy (non-hydrogen) atoms. The summed E-state index contributed by atoms with van der Waals surface area (Å²) in [4.78, 5) is 17.2. The zero-order valence-corrected chi connectivity index (χ0v) is 14.7. The molecular formula is C18H17N3O3S. The Bertz CT molecular complexity index is 860. The average molecular weight is 355 g/mol. The van der Waals surface area contributed by atoms with Crippen LogP contribution in [0.4, 0.5) is 16.5 Å². The van der Waals surface area contributed by atoms with Crippen LogP contribution in [0.1, 0.15) is 6.92 Å². The molecule has 6 nitrogen and oxygen atoms in total. The lowest BCUT2D eigenvalue weighted by Crippen LogP contribution is -2.15. The van der Waals surface area contributed by atoms with Crippen LogP contribution in [0.5, 0.6) is 5.75 Å². The van der Waals surface area contributed by atoms with E-state index >= 15 is 0 Å². The fourth-order valence-corrected chi connectivity index (χ4v) is 3.38. The Hall–Kier alpha value is -2.93. The molecule has 0 atom stereocenters. The molecule has 0 radical (unpaired) electrons. The molecule has 0 aliphatic heterocycles. The van der Waals surface area contributed by atoms with Gasteiger partial charge < -0.3 is 9.64 Å². The van der Waals surface area contributed by atoms with Crippen LogP contribution in [-0.2, 0) is 0 Å². The number of hydrogen-bond acceptors (Lipinski definition) is 6. The fourth-order valence-electron chi connectivity index (χ4n) is 2.47. The minimum Gasteiger partial charge on any atom is -0.497 e. The number of ether oxygens (including phenoxy) is 1. The summed E-state index contributed by atoms with van der Waals surface area (Å²) in [6, 6.07) is 14.3. The summed E-state index contributed by atoms with van der Waals surface area (Å²) in [6.07, 6.45) is 0. The Morgan fingerprint density at radius 3 is 2.40 bits per heavy atom. The number of aromatic nitrogens is 1. The molecule has 0 amide bonds. The van der Waals surface area contributed by atoms with Gasteiger partial charge in [0.25, 0.3) is 5.69 Å². The van der Waals surface area contributed by atoms with Crippen LogP contribution in [0.25, 0.3) is 11.3 Å². The number of non-ortho nitro benzene ring substituents is 1. The van der Waals surface area contributed by atoms with Gasteiger partial charge in [-0.2, -0.15) is 0 Å². The summed E-state index contributed by atoms with van der Waals surface area (Å²) in [5, 5.41) is 13.6. The molecule has 0 N–H and O–H groups in total. The molecule has 1 aromatic heterocycles. The minimum atomic E-state index is -0.404.